The van der Waals surface area contributed by atoms with Crippen LogP contribution in [0.15, 0.2) is 12.1 Å². The predicted molar refractivity (Wildman–Crippen MR) is 77.3 cm³/mol. The first kappa shape index (κ1) is 13.8. The Balaban J connectivity index is 2.01. The van der Waals surface area contributed by atoms with Crippen LogP contribution in [0.1, 0.15) is 25.7 Å². The fourth-order valence-corrected chi connectivity index (χ4v) is 3.06. The third-order valence-corrected chi connectivity index (χ3v) is 4.07. The summed E-state index contributed by atoms with van der Waals surface area (Å²) in [5.74, 6) is 0.267. The molecule has 1 aliphatic carbocycles. The number of nitrogen functional groups attached to an aromatic ring is 1. The molecule has 0 saturated heterocycles. The lowest BCUT2D eigenvalue weighted by Crippen LogP contribution is -2.30. The van der Waals surface area contributed by atoms with Crippen LogP contribution in [0.25, 0.3) is 0 Å². The van der Waals surface area contributed by atoms with E-state index >= 15 is 0 Å². The highest BCUT2D eigenvalue weighted by molar-refractivity contribution is 6.39. The van der Waals surface area contributed by atoms with Gasteiger partial charge >= 0.3 is 0 Å². The molecule has 0 bridgehead atoms. The number of rotatable bonds is 3. The molecule has 2 rings (SSSR count). The van der Waals surface area contributed by atoms with E-state index in [1.54, 1.807) is 12.1 Å². The second-order valence-corrected chi connectivity index (χ2v) is 5.67. The number of anilines is 2. The molecule has 1 fully saturated rings. The van der Waals surface area contributed by atoms with Crippen LogP contribution in [-0.2, 0) is 0 Å². The molecule has 1 aromatic rings. The third-order valence-electron chi connectivity index (χ3n) is 3.47. The molecule has 100 valence electrons. The number of nitrogens with one attached hydrogen (secondary N) is 1. The Morgan fingerprint density at radius 1 is 1.22 bits per heavy atom. The molecule has 0 spiro atoms. The molecule has 0 radical (unpaired) electrons. The Bertz CT molecular complexity index is 402. The van der Waals surface area contributed by atoms with Gasteiger partial charge in [0.25, 0.3) is 0 Å². The molecule has 0 aliphatic heterocycles. The monoisotopic (exact) mass is 288 g/mol. The standard InChI is InChI=1S/C13H18Cl2N2O/c14-10-5-9(16)6-11(15)13(10)17-7-8-3-1-2-4-12(8)18/h5-6,8,12,17-18H,1-4,7,16H2. The van der Waals surface area contributed by atoms with E-state index in [1.165, 1.54) is 6.42 Å². The van der Waals surface area contributed by atoms with E-state index in [4.69, 9.17) is 28.9 Å². The van der Waals surface area contributed by atoms with Crippen LogP contribution in [0, 0.1) is 5.92 Å². The van der Waals surface area contributed by atoms with E-state index in [9.17, 15) is 5.11 Å². The average molecular weight is 289 g/mol. The number of aliphatic hydroxyl groups is 1. The van der Waals surface area contributed by atoms with E-state index in [0.717, 1.165) is 19.3 Å². The van der Waals surface area contributed by atoms with Gasteiger partial charge in [-0.3, -0.25) is 0 Å². The first-order valence-electron chi connectivity index (χ1n) is 6.24. The van der Waals surface area contributed by atoms with E-state index < -0.39 is 0 Å². The Labute approximate surface area is 117 Å². The van der Waals surface area contributed by atoms with E-state index in [-0.39, 0.29) is 12.0 Å². The zero-order valence-corrected chi connectivity index (χ0v) is 11.6. The second kappa shape index (κ2) is 6.00. The SMILES string of the molecule is Nc1cc(Cl)c(NCC2CCCCC2O)c(Cl)c1. The summed E-state index contributed by atoms with van der Waals surface area (Å²) in [6.45, 7) is 0.685. The fraction of sp³-hybridized carbons (Fsp3) is 0.538. The van der Waals surface area contributed by atoms with Crippen LogP contribution in [0.5, 0.6) is 0 Å². The van der Waals surface area contributed by atoms with Crippen LogP contribution in [0.4, 0.5) is 11.4 Å². The lowest BCUT2D eigenvalue weighted by atomic mass is 9.86. The summed E-state index contributed by atoms with van der Waals surface area (Å²) in [5, 5.41) is 14.2. The number of hydrogen-bond donors (Lipinski definition) is 3. The van der Waals surface area contributed by atoms with Crippen molar-refractivity contribution in [3.8, 4) is 0 Å². The Morgan fingerprint density at radius 2 is 1.83 bits per heavy atom. The number of aliphatic hydroxyl groups excluding tert-OH is 1. The van der Waals surface area contributed by atoms with Gasteiger partial charge in [-0.15, -0.1) is 0 Å². The molecular formula is C13H18Cl2N2O. The van der Waals surface area contributed by atoms with Crippen molar-refractivity contribution in [3.63, 3.8) is 0 Å². The summed E-state index contributed by atoms with van der Waals surface area (Å²) in [7, 11) is 0. The smallest absolute Gasteiger partial charge is 0.0720 e. The van der Waals surface area contributed by atoms with Crippen LogP contribution < -0.4 is 11.1 Å². The average Bonchev–Trinajstić information content (AvgIpc) is 2.30. The molecule has 3 nitrogen and oxygen atoms in total. The normalized spacial score (nSPS) is 23.9. The van der Waals surface area contributed by atoms with Crippen molar-refractivity contribution in [3.05, 3.63) is 22.2 Å². The molecule has 0 heterocycles. The lowest BCUT2D eigenvalue weighted by molar-refractivity contribution is 0.0763. The molecule has 1 saturated carbocycles. The van der Waals surface area contributed by atoms with E-state index in [2.05, 4.69) is 5.32 Å². The van der Waals surface area contributed by atoms with E-state index in [0.29, 0.717) is 28.0 Å². The summed E-state index contributed by atoms with van der Waals surface area (Å²) in [5.41, 5.74) is 6.90. The molecule has 0 aromatic heterocycles. The van der Waals surface area contributed by atoms with Gasteiger partial charge in [0.1, 0.15) is 0 Å². The zero-order chi connectivity index (χ0) is 13.1. The number of nitrogens with two attached hydrogens (primary N) is 1. The summed E-state index contributed by atoms with van der Waals surface area (Å²) in [6, 6.07) is 3.35. The van der Waals surface area contributed by atoms with Gasteiger partial charge in [0.05, 0.1) is 21.8 Å². The molecule has 0 amide bonds. The first-order chi connectivity index (χ1) is 8.58. The molecule has 5 heteroatoms. The maximum absolute atomic E-state index is 9.90. The Hall–Kier alpha value is -0.640. The first-order valence-corrected chi connectivity index (χ1v) is 7.00. The van der Waals surface area contributed by atoms with Crippen molar-refractivity contribution in [1.29, 1.82) is 0 Å². The molecule has 2 atom stereocenters. The predicted octanol–water partition coefficient (Wildman–Crippen LogP) is 3.54. The van der Waals surface area contributed by atoms with Gasteiger partial charge in [-0.25, -0.2) is 0 Å². The minimum atomic E-state index is -0.224. The summed E-state index contributed by atoms with van der Waals surface area (Å²) >= 11 is 12.2. The fourth-order valence-electron chi connectivity index (χ4n) is 2.42. The summed E-state index contributed by atoms with van der Waals surface area (Å²) < 4.78 is 0. The minimum Gasteiger partial charge on any atom is -0.399 e. The highest BCUT2D eigenvalue weighted by Crippen LogP contribution is 2.33. The van der Waals surface area contributed by atoms with Crippen molar-refractivity contribution in [2.24, 2.45) is 5.92 Å². The second-order valence-electron chi connectivity index (χ2n) is 4.85. The third kappa shape index (κ3) is 3.22. The molecular weight excluding hydrogens is 271 g/mol. The van der Waals surface area contributed by atoms with Crippen LogP contribution >= 0.6 is 23.2 Å². The molecule has 4 N–H and O–H groups in total. The Morgan fingerprint density at radius 3 is 2.44 bits per heavy atom. The van der Waals surface area contributed by atoms with Crippen LogP contribution in [-0.4, -0.2) is 17.8 Å². The zero-order valence-electron chi connectivity index (χ0n) is 10.1. The van der Waals surface area contributed by atoms with Gasteiger partial charge in [0.15, 0.2) is 0 Å². The molecule has 18 heavy (non-hydrogen) atoms. The number of hydrogen-bond acceptors (Lipinski definition) is 3. The lowest BCUT2D eigenvalue weighted by Gasteiger charge is -2.28. The topological polar surface area (TPSA) is 58.3 Å². The van der Waals surface area contributed by atoms with Gasteiger partial charge in [-0.2, -0.15) is 0 Å². The van der Waals surface area contributed by atoms with Crippen molar-refractivity contribution >= 4 is 34.6 Å². The maximum atomic E-state index is 9.90. The van der Waals surface area contributed by atoms with Crippen molar-refractivity contribution in [2.75, 3.05) is 17.6 Å². The highest BCUT2D eigenvalue weighted by atomic mass is 35.5. The van der Waals surface area contributed by atoms with E-state index in [1.807, 2.05) is 0 Å². The van der Waals surface area contributed by atoms with Gasteiger partial charge in [-0.1, -0.05) is 36.0 Å². The van der Waals surface area contributed by atoms with Crippen LogP contribution in [0.3, 0.4) is 0 Å². The van der Waals surface area contributed by atoms with Gasteiger partial charge in [0, 0.05) is 18.2 Å². The quantitative estimate of drug-likeness (QED) is 0.746. The molecule has 1 aliphatic rings. The minimum absolute atomic E-state index is 0.224. The summed E-state index contributed by atoms with van der Waals surface area (Å²) in [6.07, 6.45) is 3.99. The largest absolute Gasteiger partial charge is 0.399 e. The van der Waals surface area contributed by atoms with Crippen molar-refractivity contribution in [1.82, 2.24) is 0 Å². The van der Waals surface area contributed by atoms with Crippen LogP contribution in [0.2, 0.25) is 10.0 Å². The molecule has 2 unspecified atom stereocenters. The molecule has 1 aromatic carbocycles. The maximum Gasteiger partial charge on any atom is 0.0720 e. The highest BCUT2D eigenvalue weighted by Gasteiger charge is 2.23. The number of benzene rings is 1. The van der Waals surface area contributed by atoms with Gasteiger partial charge in [0.2, 0.25) is 0 Å². The summed E-state index contributed by atoms with van der Waals surface area (Å²) in [4.78, 5) is 0. The van der Waals surface area contributed by atoms with Crippen molar-refractivity contribution in [2.45, 2.75) is 31.8 Å². The van der Waals surface area contributed by atoms with Gasteiger partial charge < -0.3 is 16.2 Å². The Kier molecular flexibility index (Phi) is 4.60. The van der Waals surface area contributed by atoms with Crippen molar-refractivity contribution < 1.29 is 5.11 Å². The number of halogens is 2. The van der Waals surface area contributed by atoms with Gasteiger partial charge in [-0.05, 0) is 25.0 Å².